The van der Waals surface area contributed by atoms with Crippen molar-refractivity contribution >= 4 is 39.9 Å². The van der Waals surface area contributed by atoms with Crippen LogP contribution in [0.4, 0.5) is 24.5 Å². The van der Waals surface area contributed by atoms with E-state index in [1.54, 1.807) is 6.07 Å². The molecule has 5 nitrogen and oxygen atoms in total. The number of carbonyl (C=O) groups excluding carboxylic acids is 1. The summed E-state index contributed by atoms with van der Waals surface area (Å²) in [5.74, 6) is -3.59. The lowest BCUT2D eigenvalue weighted by Crippen LogP contribution is -2.68. The van der Waals surface area contributed by atoms with Crippen molar-refractivity contribution in [1.29, 1.82) is 0 Å². The molecule has 162 valence electrons. The minimum Gasteiger partial charge on any atom is -0.437 e. The van der Waals surface area contributed by atoms with Gasteiger partial charge in [0.15, 0.2) is 11.6 Å². The van der Waals surface area contributed by atoms with Crippen LogP contribution in [-0.2, 0) is 0 Å². The summed E-state index contributed by atoms with van der Waals surface area (Å²) >= 11 is 1.93. The second kappa shape index (κ2) is 8.35. The van der Waals surface area contributed by atoms with E-state index in [-0.39, 0.29) is 29.9 Å². The molecule has 0 bridgehead atoms. The van der Waals surface area contributed by atoms with Crippen LogP contribution in [0.25, 0.3) is 0 Å². The molecular weight excluding hydrogens is 510 g/mol. The van der Waals surface area contributed by atoms with Crippen LogP contribution in [0.15, 0.2) is 30.3 Å². The highest BCUT2D eigenvalue weighted by Crippen LogP contribution is 2.31. The molecule has 1 aliphatic heterocycles. The molecule has 0 radical (unpaired) electrons. The lowest BCUT2D eigenvalue weighted by atomic mass is 9.91. The first-order valence-corrected chi connectivity index (χ1v) is 10.5. The minimum absolute atomic E-state index is 0.0678. The van der Waals surface area contributed by atoms with E-state index in [4.69, 9.17) is 5.11 Å². The third-order valence-corrected chi connectivity index (χ3v) is 5.42. The molecule has 1 amide bonds. The number of nitrogens with zero attached hydrogens (tertiary/aromatic N) is 1. The van der Waals surface area contributed by atoms with Crippen molar-refractivity contribution < 1.29 is 23.1 Å². The maximum Gasteiger partial charge on any atom is 0.256 e. The van der Waals surface area contributed by atoms with Crippen LogP contribution in [0.1, 0.15) is 31.1 Å². The van der Waals surface area contributed by atoms with Gasteiger partial charge < -0.3 is 20.6 Å². The Morgan fingerprint density at radius 1 is 1.17 bits per heavy atom. The Balaban J connectivity index is 1.81. The van der Waals surface area contributed by atoms with E-state index >= 15 is 0 Å². The quantitative estimate of drug-likeness (QED) is 0.454. The highest BCUT2D eigenvalue weighted by molar-refractivity contribution is 14.1. The Hall–Kier alpha value is -1.85. The Morgan fingerprint density at radius 2 is 1.83 bits per heavy atom. The van der Waals surface area contributed by atoms with E-state index < -0.39 is 34.6 Å². The molecule has 30 heavy (non-hydrogen) atoms. The predicted molar refractivity (Wildman–Crippen MR) is 119 cm³/mol. The molecule has 4 N–H and O–H groups in total. The fourth-order valence-corrected chi connectivity index (χ4v) is 3.57. The summed E-state index contributed by atoms with van der Waals surface area (Å²) in [5, 5.41) is 14.2. The number of amides is 1. The van der Waals surface area contributed by atoms with Gasteiger partial charge in [0.2, 0.25) is 5.60 Å². The molecule has 1 aliphatic rings. The maximum absolute atomic E-state index is 14.5. The van der Waals surface area contributed by atoms with Crippen molar-refractivity contribution in [3.05, 3.63) is 56.9 Å². The second-order valence-electron chi connectivity index (χ2n) is 8.58. The van der Waals surface area contributed by atoms with Gasteiger partial charge in [-0.3, -0.25) is 4.79 Å². The van der Waals surface area contributed by atoms with Gasteiger partial charge in [0, 0.05) is 9.11 Å². The number of hydrogen-bond acceptors (Lipinski definition) is 3. The van der Waals surface area contributed by atoms with E-state index in [0.717, 1.165) is 6.07 Å². The van der Waals surface area contributed by atoms with E-state index in [1.807, 2.05) is 43.4 Å². The van der Waals surface area contributed by atoms with Gasteiger partial charge in [0.25, 0.3) is 5.91 Å². The van der Waals surface area contributed by atoms with Crippen LogP contribution in [0.3, 0.4) is 0 Å². The highest BCUT2D eigenvalue weighted by Gasteiger charge is 2.49. The largest absolute Gasteiger partial charge is 0.437 e. The molecule has 0 aliphatic carbocycles. The molecule has 1 fully saturated rings. The van der Waals surface area contributed by atoms with Crippen LogP contribution in [0.2, 0.25) is 0 Å². The number of likely N-dealkylation sites (tertiary alicyclic amines) is 1. The molecule has 1 heterocycles. The van der Waals surface area contributed by atoms with Crippen LogP contribution >= 0.6 is 22.6 Å². The van der Waals surface area contributed by atoms with Gasteiger partial charge in [-0.05, 0) is 73.7 Å². The molecule has 0 spiro atoms. The van der Waals surface area contributed by atoms with Crippen LogP contribution in [0, 0.1) is 21.0 Å². The first kappa shape index (κ1) is 22.8. The number of carbonyl (C=O) groups is 1. The summed E-state index contributed by atoms with van der Waals surface area (Å²) in [4.78, 5) is 14.3. The number of rotatable bonds is 5. The monoisotopic (exact) mass is 534 g/mol. The molecular formula is C21H24F3IN3O2+. The highest BCUT2D eigenvalue weighted by atomic mass is 127. The normalized spacial score (nSPS) is 15.7. The van der Waals surface area contributed by atoms with Gasteiger partial charge in [-0.1, -0.05) is 0 Å². The topological polar surface area (TPSA) is 67.3 Å². The van der Waals surface area contributed by atoms with Crippen LogP contribution in [-0.4, -0.2) is 46.7 Å². The van der Waals surface area contributed by atoms with Crippen molar-refractivity contribution in [3.8, 4) is 0 Å². The number of anilines is 2. The first-order chi connectivity index (χ1) is 13.9. The Morgan fingerprint density at radius 3 is 2.43 bits per heavy atom. The average Bonchev–Trinajstić information content (AvgIpc) is 2.62. The number of halogens is 4. The fourth-order valence-electron chi connectivity index (χ4n) is 3.12. The smallest absolute Gasteiger partial charge is 0.256 e. The maximum atomic E-state index is 14.5. The Kier molecular flexibility index (Phi) is 6.35. The van der Waals surface area contributed by atoms with Gasteiger partial charge >= 0.3 is 0 Å². The van der Waals surface area contributed by atoms with Crippen molar-refractivity contribution in [1.82, 2.24) is 10.2 Å². The lowest BCUT2D eigenvalue weighted by Gasteiger charge is -2.44. The van der Waals surface area contributed by atoms with E-state index in [0.29, 0.717) is 10.1 Å². The summed E-state index contributed by atoms with van der Waals surface area (Å²) in [7, 11) is 0. The zero-order valence-electron chi connectivity index (χ0n) is 16.9. The molecule has 0 unspecified atom stereocenters. The van der Waals surface area contributed by atoms with E-state index in [2.05, 4.69) is 10.6 Å². The predicted octanol–water partition coefficient (Wildman–Crippen LogP) is 3.76. The number of hydrogen-bond donors (Lipinski definition) is 2. The lowest BCUT2D eigenvalue weighted by molar-refractivity contribution is -0.0811. The standard InChI is InChI=1S/C21H23F3IN3O2/c1-20(2,3)26-9-21(30)10-28(11-21)19(29)13-5-6-14(22)17(24)18(13)27-16-7-4-12(25)8-15(16)23/h4-8,26-27,30H,9-11H2,1-3H3/p+1. The van der Waals surface area contributed by atoms with Gasteiger partial charge in [-0.25, -0.2) is 13.2 Å². The van der Waals surface area contributed by atoms with Crippen LogP contribution < -0.4 is 10.6 Å². The zero-order chi connectivity index (χ0) is 22.3. The molecule has 0 aromatic heterocycles. The summed E-state index contributed by atoms with van der Waals surface area (Å²) in [6.07, 6.45) is 0. The average molecular weight is 534 g/mol. The Bertz CT molecular complexity index is 973. The summed E-state index contributed by atoms with van der Waals surface area (Å²) < 4.78 is 43.2. The molecule has 2 aromatic carbocycles. The van der Waals surface area contributed by atoms with E-state index in [9.17, 15) is 18.0 Å². The minimum atomic E-state index is -1.26. The fraction of sp³-hybridized carbons (Fsp3) is 0.381. The summed E-state index contributed by atoms with van der Waals surface area (Å²) in [6.45, 7) is 6.68. The summed E-state index contributed by atoms with van der Waals surface area (Å²) in [5.41, 5.74) is -1.61. The van der Waals surface area contributed by atoms with Gasteiger partial charge in [-0.15, -0.1) is 0 Å². The third kappa shape index (κ3) is 5.06. The molecule has 0 saturated carbocycles. The molecule has 0 atom stereocenters. The number of benzene rings is 2. The molecule has 1 saturated heterocycles. The van der Waals surface area contributed by atoms with Crippen molar-refractivity contribution in [2.24, 2.45) is 0 Å². The number of nitrogens with one attached hydrogen (secondary N) is 2. The van der Waals surface area contributed by atoms with Gasteiger partial charge in [-0.2, -0.15) is 0 Å². The van der Waals surface area contributed by atoms with Gasteiger partial charge in [0.05, 0.1) is 36.6 Å². The molecule has 3 rings (SSSR count). The van der Waals surface area contributed by atoms with Crippen LogP contribution in [0.5, 0.6) is 0 Å². The zero-order valence-corrected chi connectivity index (χ0v) is 19.0. The first-order valence-electron chi connectivity index (χ1n) is 9.38. The molecule has 2 aromatic rings. The SMILES string of the molecule is CC(C)(C)NCC1([OH2+])CN(C(=O)c2ccc(F)c(F)c2Nc2ccc(I)cc2F)C1. The third-order valence-electron chi connectivity index (χ3n) is 4.75. The van der Waals surface area contributed by atoms with Crippen molar-refractivity contribution in [2.45, 2.75) is 31.9 Å². The van der Waals surface area contributed by atoms with Gasteiger partial charge in [0.1, 0.15) is 5.82 Å². The second-order valence-corrected chi connectivity index (χ2v) is 9.82. The van der Waals surface area contributed by atoms with Crippen molar-refractivity contribution in [2.75, 3.05) is 25.0 Å². The summed E-state index contributed by atoms with van der Waals surface area (Å²) in [6, 6.07) is 6.29. The molecule has 9 heteroatoms. The Labute approximate surface area is 186 Å². The van der Waals surface area contributed by atoms with E-state index in [1.165, 1.54) is 23.1 Å². The van der Waals surface area contributed by atoms with Crippen molar-refractivity contribution in [3.63, 3.8) is 0 Å².